The molecule has 1 aromatic rings. The second kappa shape index (κ2) is 5.41. The maximum absolute atomic E-state index is 3.38. The van der Waals surface area contributed by atoms with E-state index in [1.807, 2.05) is 0 Å². The summed E-state index contributed by atoms with van der Waals surface area (Å²) in [5, 5.41) is 3.38. The molecule has 1 atom stereocenters. The first-order valence-corrected chi connectivity index (χ1v) is 6.40. The van der Waals surface area contributed by atoms with E-state index >= 15 is 0 Å². The third-order valence-corrected chi connectivity index (χ3v) is 3.56. The van der Waals surface area contributed by atoms with E-state index in [2.05, 4.69) is 60.5 Å². The van der Waals surface area contributed by atoms with Gasteiger partial charge in [-0.15, -0.1) is 0 Å². The highest BCUT2D eigenvalue weighted by Crippen LogP contribution is 2.22. The molecule has 0 aromatic heterocycles. The molecule has 2 rings (SSSR count). The quantitative estimate of drug-likeness (QED) is 0.861. The topological polar surface area (TPSA) is 18.5 Å². The zero-order chi connectivity index (χ0) is 12.3. The van der Waals surface area contributed by atoms with Gasteiger partial charge in [0.15, 0.2) is 0 Å². The van der Waals surface area contributed by atoms with Crippen molar-refractivity contribution in [3.05, 3.63) is 24.3 Å². The minimum Gasteiger partial charge on any atom is -0.378 e. The van der Waals surface area contributed by atoms with E-state index in [9.17, 15) is 0 Å². The Bertz CT molecular complexity index is 345. The largest absolute Gasteiger partial charge is 0.378 e. The van der Waals surface area contributed by atoms with Crippen molar-refractivity contribution < 1.29 is 0 Å². The van der Waals surface area contributed by atoms with Crippen molar-refractivity contribution in [1.29, 1.82) is 0 Å². The predicted molar refractivity (Wildman–Crippen MR) is 75.1 cm³/mol. The number of piperidine rings is 1. The molecule has 1 heterocycles. The number of hydrogen-bond donors (Lipinski definition) is 1. The molecule has 0 spiro atoms. The van der Waals surface area contributed by atoms with Gasteiger partial charge < -0.3 is 15.1 Å². The molecule has 0 saturated carbocycles. The molecule has 1 N–H and O–H groups in total. The number of likely N-dealkylation sites (N-methyl/N-ethyl adjacent to an activating group) is 1. The third kappa shape index (κ3) is 2.91. The summed E-state index contributed by atoms with van der Waals surface area (Å²) < 4.78 is 0. The summed E-state index contributed by atoms with van der Waals surface area (Å²) in [4.78, 5) is 4.61. The van der Waals surface area contributed by atoms with Gasteiger partial charge in [0.1, 0.15) is 0 Å². The zero-order valence-corrected chi connectivity index (χ0v) is 11.1. The molecule has 3 heteroatoms. The van der Waals surface area contributed by atoms with Gasteiger partial charge in [0.05, 0.1) is 0 Å². The Morgan fingerprint density at radius 1 is 1.24 bits per heavy atom. The lowest BCUT2D eigenvalue weighted by atomic mass is 10.1. The lowest BCUT2D eigenvalue weighted by Gasteiger charge is -2.34. The van der Waals surface area contributed by atoms with Crippen molar-refractivity contribution in [2.45, 2.75) is 18.9 Å². The van der Waals surface area contributed by atoms with Gasteiger partial charge in [0.2, 0.25) is 0 Å². The smallest absolute Gasteiger partial charge is 0.0368 e. The molecule has 1 fully saturated rings. The maximum atomic E-state index is 3.38. The summed E-state index contributed by atoms with van der Waals surface area (Å²) in [7, 11) is 6.21. The Balaban J connectivity index is 2.06. The van der Waals surface area contributed by atoms with Crippen LogP contribution in [-0.4, -0.2) is 40.3 Å². The third-order valence-electron chi connectivity index (χ3n) is 3.56. The Kier molecular flexibility index (Phi) is 3.89. The fraction of sp³-hybridized carbons (Fsp3) is 0.571. The van der Waals surface area contributed by atoms with E-state index in [1.165, 1.54) is 30.8 Å². The fourth-order valence-electron chi connectivity index (χ4n) is 2.41. The second-order valence-corrected chi connectivity index (χ2v) is 4.98. The molecule has 0 bridgehead atoms. The van der Waals surface area contributed by atoms with Crippen LogP contribution in [0.15, 0.2) is 24.3 Å². The average molecular weight is 233 g/mol. The SMILES string of the molecule is CNC1CCCN(c2ccc(N(C)C)cc2)C1. The van der Waals surface area contributed by atoms with Crippen molar-refractivity contribution in [2.75, 3.05) is 44.0 Å². The molecule has 0 aliphatic carbocycles. The van der Waals surface area contributed by atoms with Gasteiger partial charge in [-0.05, 0) is 44.2 Å². The second-order valence-electron chi connectivity index (χ2n) is 4.98. The summed E-state index contributed by atoms with van der Waals surface area (Å²) in [5.74, 6) is 0. The lowest BCUT2D eigenvalue weighted by molar-refractivity contribution is 0.449. The molecule has 1 aromatic carbocycles. The van der Waals surface area contributed by atoms with Crippen molar-refractivity contribution in [1.82, 2.24) is 5.32 Å². The molecule has 1 aliphatic rings. The summed E-state index contributed by atoms with van der Waals surface area (Å²) in [6.45, 7) is 2.30. The van der Waals surface area contributed by atoms with Crippen LogP contribution in [0.2, 0.25) is 0 Å². The molecule has 94 valence electrons. The highest BCUT2D eigenvalue weighted by Gasteiger charge is 2.18. The van der Waals surface area contributed by atoms with Gasteiger partial charge in [0, 0.05) is 44.6 Å². The molecule has 1 saturated heterocycles. The van der Waals surface area contributed by atoms with E-state index in [0.717, 1.165) is 6.54 Å². The Morgan fingerprint density at radius 2 is 1.94 bits per heavy atom. The van der Waals surface area contributed by atoms with Crippen LogP contribution in [0.5, 0.6) is 0 Å². The van der Waals surface area contributed by atoms with E-state index < -0.39 is 0 Å². The number of nitrogens with one attached hydrogen (secondary N) is 1. The van der Waals surface area contributed by atoms with Crippen LogP contribution in [0.25, 0.3) is 0 Å². The van der Waals surface area contributed by atoms with Crippen LogP contribution in [-0.2, 0) is 0 Å². The van der Waals surface area contributed by atoms with Gasteiger partial charge in [-0.3, -0.25) is 0 Å². The standard InChI is InChI=1S/C14H23N3/c1-15-12-5-4-10-17(11-12)14-8-6-13(7-9-14)16(2)3/h6-9,12,15H,4-5,10-11H2,1-3H3. The number of anilines is 2. The molecule has 0 amide bonds. The van der Waals surface area contributed by atoms with Crippen LogP contribution in [0.4, 0.5) is 11.4 Å². The van der Waals surface area contributed by atoms with E-state index in [1.54, 1.807) is 0 Å². The Labute approximate surface area is 104 Å². The van der Waals surface area contributed by atoms with Crippen LogP contribution >= 0.6 is 0 Å². The minimum atomic E-state index is 0.636. The van der Waals surface area contributed by atoms with Crippen molar-refractivity contribution in [3.8, 4) is 0 Å². The van der Waals surface area contributed by atoms with E-state index in [0.29, 0.717) is 6.04 Å². The van der Waals surface area contributed by atoms with E-state index in [-0.39, 0.29) is 0 Å². The molecule has 3 nitrogen and oxygen atoms in total. The Hall–Kier alpha value is -1.22. The predicted octanol–water partition coefficient (Wildman–Crippen LogP) is 1.94. The van der Waals surface area contributed by atoms with Crippen LogP contribution < -0.4 is 15.1 Å². The molecular formula is C14H23N3. The van der Waals surface area contributed by atoms with Crippen LogP contribution in [0, 0.1) is 0 Å². The van der Waals surface area contributed by atoms with Gasteiger partial charge >= 0.3 is 0 Å². The van der Waals surface area contributed by atoms with Crippen LogP contribution in [0.3, 0.4) is 0 Å². The van der Waals surface area contributed by atoms with Gasteiger partial charge in [-0.25, -0.2) is 0 Å². The fourth-order valence-corrected chi connectivity index (χ4v) is 2.41. The van der Waals surface area contributed by atoms with Gasteiger partial charge in [0.25, 0.3) is 0 Å². The Morgan fingerprint density at radius 3 is 2.53 bits per heavy atom. The highest BCUT2D eigenvalue weighted by atomic mass is 15.2. The lowest BCUT2D eigenvalue weighted by Crippen LogP contribution is -2.44. The van der Waals surface area contributed by atoms with Crippen molar-refractivity contribution in [3.63, 3.8) is 0 Å². The average Bonchev–Trinajstić information content (AvgIpc) is 2.39. The maximum Gasteiger partial charge on any atom is 0.0368 e. The zero-order valence-electron chi connectivity index (χ0n) is 11.1. The van der Waals surface area contributed by atoms with Crippen LogP contribution in [0.1, 0.15) is 12.8 Å². The highest BCUT2D eigenvalue weighted by molar-refractivity contribution is 5.56. The monoisotopic (exact) mass is 233 g/mol. The molecule has 1 aliphatic heterocycles. The van der Waals surface area contributed by atoms with Crippen molar-refractivity contribution in [2.24, 2.45) is 0 Å². The summed E-state index contributed by atoms with van der Waals surface area (Å²) in [6, 6.07) is 9.48. The number of rotatable bonds is 3. The molecular weight excluding hydrogens is 210 g/mol. The first kappa shape index (κ1) is 12.2. The molecule has 1 unspecified atom stereocenters. The normalized spacial score (nSPS) is 20.4. The van der Waals surface area contributed by atoms with Crippen molar-refractivity contribution >= 4 is 11.4 Å². The number of nitrogens with zero attached hydrogens (tertiary/aromatic N) is 2. The first-order chi connectivity index (χ1) is 8.20. The van der Waals surface area contributed by atoms with E-state index in [4.69, 9.17) is 0 Å². The summed E-state index contributed by atoms with van der Waals surface area (Å²) in [6.07, 6.45) is 2.57. The minimum absolute atomic E-state index is 0.636. The first-order valence-electron chi connectivity index (χ1n) is 6.40. The number of hydrogen-bond acceptors (Lipinski definition) is 3. The van der Waals surface area contributed by atoms with Gasteiger partial charge in [-0.1, -0.05) is 0 Å². The summed E-state index contributed by atoms with van der Waals surface area (Å²) in [5.41, 5.74) is 2.60. The molecule has 0 radical (unpaired) electrons. The molecule has 17 heavy (non-hydrogen) atoms. The number of benzene rings is 1. The van der Waals surface area contributed by atoms with Gasteiger partial charge in [-0.2, -0.15) is 0 Å². The summed E-state index contributed by atoms with van der Waals surface area (Å²) >= 11 is 0.